The maximum Gasteiger partial charge on any atom is 0.0313 e. The third kappa shape index (κ3) is 6.32. The second kappa shape index (κ2) is 8.13. The lowest BCUT2D eigenvalue weighted by molar-refractivity contribution is 0.280. The van der Waals surface area contributed by atoms with Crippen molar-refractivity contribution in [1.82, 2.24) is 4.90 Å². The summed E-state index contributed by atoms with van der Waals surface area (Å²) in [6.45, 7) is 11.5. The molecule has 0 aromatic carbocycles. The van der Waals surface area contributed by atoms with Crippen LogP contribution >= 0.6 is 0 Å². The fraction of sp³-hybridized carbons (Fsp3) is 0.600. The molecule has 2 N–H and O–H groups in total. The zero-order valence-corrected chi connectivity index (χ0v) is 12.0. The predicted molar refractivity (Wildman–Crippen MR) is 77.7 cm³/mol. The van der Waals surface area contributed by atoms with E-state index in [4.69, 9.17) is 5.73 Å². The van der Waals surface area contributed by atoms with Crippen molar-refractivity contribution in [3.63, 3.8) is 0 Å². The molecule has 0 aromatic rings. The molecule has 0 saturated heterocycles. The summed E-state index contributed by atoms with van der Waals surface area (Å²) in [4.78, 5) is 2.24. The Morgan fingerprint density at radius 1 is 1.41 bits per heavy atom. The smallest absolute Gasteiger partial charge is 0.0313 e. The minimum atomic E-state index is 0.592. The molecule has 2 nitrogen and oxygen atoms in total. The average Bonchev–Trinajstić information content (AvgIpc) is 2.17. The van der Waals surface area contributed by atoms with Crippen LogP contribution in [0.3, 0.4) is 0 Å². The van der Waals surface area contributed by atoms with Crippen LogP contribution in [0.2, 0.25) is 0 Å². The molecule has 2 heteroatoms. The summed E-state index contributed by atoms with van der Waals surface area (Å²) in [6.07, 6.45) is 6.79. The minimum absolute atomic E-state index is 0.592. The highest BCUT2D eigenvalue weighted by atomic mass is 15.1. The Morgan fingerprint density at radius 2 is 2.00 bits per heavy atom. The molecule has 0 bridgehead atoms. The van der Waals surface area contributed by atoms with E-state index in [1.54, 1.807) is 6.08 Å². The summed E-state index contributed by atoms with van der Waals surface area (Å²) in [5, 5.41) is 0. The Kier molecular flexibility index (Phi) is 7.64. The van der Waals surface area contributed by atoms with Crippen molar-refractivity contribution < 1.29 is 0 Å². The van der Waals surface area contributed by atoms with Crippen LogP contribution in [-0.4, -0.2) is 25.5 Å². The fourth-order valence-corrected chi connectivity index (χ4v) is 2.43. The summed E-state index contributed by atoms with van der Waals surface area (Å²) in [5.74, 6) is 1.23. The lowest BCUT2D eigenvalue weighted by Crippen LogP contribution is -2.26. The van der Waals surface area contributed by atoms with E-state index in [1.807, 2.05) is 6.08 Å². The second-order valence-corrected chi connectivity index (χ2v) is 5.04. The first kappa shape index (κ1) is 16.0. The van der Waals surface area contributed by atoms with Gasteiger partial charge in [-0.15, -0.1) is 0 Å². The Balaban J connectivity index is 4.75. The van der Waals surface area contributed by atoms with Crippen molar-refractivity contribution in [3.8, 4) is 0 Å². The van der Waals surface area contributed by atoms with Gasteiger partial charge in [-0.25, -0.2) is 0 Å². The highest BCUT2D eigenvalue weighted by molar-refractivity contribution is 5.24. The monoisotopic (exact) mass is 236 g/mol. The van der Waals surface area contributed by atoms with Gasteiger partial charge in [-0.1, -0.05) is 32.1 Å². The zero-order valence-electron chi connectivity index (χ0n) is 12.0. The molecule has 0 saturated carbocycles. The largest absolute Gasteiger partial charge is 0.399 e. The summed E-state index contributed by atoms with van der Waals surface area (Å²) in [6, 6.07) is 0. The normalized spacial score (nSPS) is 17.1. The third-order valence-corrected chi connectivity index (χ3v) is 3.07. The van der Waals surface area contributed by atoms with E-state index in [-0.39, 0.29) is 0 Å². The first-order valence-electron chi connectivity index (χ1n) is 6.33. The third-order valence-electron chi connectivity index (χ3n) is 3.07. The molecule has 0 radical (unpaired) electrons. The van der Waals surface area contributed by atoms with Gasteiger partial charge < -0.3 is 10.6 Å². The maximum absolute atomic E-state index is 5.88. The van der Waals surface area contributed by atoms with Gasteiger partial charge in [-0.2, -0.15) is 0 Å². The van der Waals surface area contributed by atoms with Crippen LogP contribution in [0.15, 0.2) is 36.1 Å². The lowest BCUT2D eigenvalue weighted by Gasteiger charge is -2.26. The summed E-state index contributed by atoms with van der Waals surface area (Å²) in [5.41, 5.74) is 8.03. The molecule has 98 valence electrons. The topological polar surface area (TPSA) is 29.3 Å². The molecule has 0 aliphatic rings. The van der Waals surface area contributed by atoms with Gasteiger partial charge in [-0.3, -0.25) is 0 Å². The number of nitrogens with zero attached hydrogens (tertiary/aromatic N) is 1. The molecule has 0 aliphatic carbocycles. The quantitative estimate of drug-likeness (QED) is 0.688. The highest BCUT2D eigenvalue weighted by Gasteiger charge is 2.17. The lowest BCUT2D eigenvalue weighted by atomic mass is 9.85. The van der Waals surface area contributed by atoms with Gasteiger partial charge in [0.15, 0.2) is 0 Å². The van der Waals surface area contributed by atoms with Crippen molar-refractivity contribution in [2.75, 3.05) is 20.6 Å². The maximum atomic E-state index is 5.88. The molecule has 0 rings (SSSR count). The van der Waals surface area contributed by atoms with Gasteiger partial charge in [0.05, 0.1) is 0 Å². The molecule has 0 aromatic heterocycles. The van der Waals surface area contributed by atoms with E-state index in [9.17, 15) is 0 Å². The number of rotatable bonds is 7. The Morgan fingerprint density at radius 3 is 2.41 bits per heavy atom. The van der Waals surface area contributed by atoms with Crippen LogP contribution in [0.25, 0.3) is 0 Å². The van der Waals surface area contributed by atoms with Gasteiger partial charge in [0.25, 0.3) is 0 Å². The van der Waals surface area contributed by atoms with Crippen molar-refractivity contribution in [3.05, 3.63) is 36.1 Å². The molecule has 17 heavy (non-hydrogen) atoms. The predicted octanol–water partition coefficient (Wildman–Crippen LogP) is 3.19. The van der Waals surface area contributed by atoms with Crippen LogP contribution in [0.4, 0.5) is 0 Å². The second-order valence-electron chi connectivity index (χ2n) is 5.04. The Labute approximate surface area is 107 Å². The minimum Gasteiger partial charge on any atom is -0.399 e. The Hall–Kier alpha value is -1.02. The summed E-state index contributed by atoms with van der Waals surface area (Å²) < 4.78 is 0. The molecule has 0 heterocycles. The van der Waals surface area contributed by atoms with E-state index in [0.29, 0.717) is 11.8 Å². The van der Waals surface area contributed by atoms with Gasteiger partial charge in [0, 0.05) is 12.2 Å². The van der Waals surface area contributed by atoms with Crippen LogP contribution in [0.5, 0.6) is 0 Å². The van der Waals surface area contributed by atoms with E-state index in [2.05, 4.69) is 52.4 Å². The number of hydrogen-bond acceptors (Lipinski definition) is 2. The molecule has 0 fully saturated rings. The van der Waals surface area contributed by atoms with Gasteiger partial charge in [-0.05, 0) is 51.4 Å². The molecule has 0 spiro atoms. The number of allylic oxidation sites excluding steroid dienone is 4. The van der Waals surface area contributed by atoms with E-state index in [1.165, 1.54) is 5.57 Å². The molecule has 0 aliphatic heterocycles. The average molecular weight is 236 g/mol. The molecule has 1 unspecified atom stereocenters. The van der Waals surface area contributed by atoms with Crippen molar-refractivity contribution in [1.29, 1.82) is 0 Å². The van der Waals surface area contributed by atoms with Gasteiger partial charge in [0.2, 0.25) is 0 Å². The SMILES string of the molecule is C=C/C=C(N)\C=C(/C)C(CC)[C@@H](C)CN(C)C. The number of hydrogen-bond donors (Lipinski definition) is 1. The summed E-state index contributed by atoms with van der Waals surface area (Å²) in [7, 11) is 4.24. The van der Waals surface area contributed by atoms with Crippen LogP contribution in [-0.2, 0) is 0 Å². The highest BCUT2D eigenvalue weighted by Crippen LogP contribution is 2.25. The first-order valence-corrected chi connectivity index (χ1v) is 6.33. The standard InChI is InChI=1S/C15H28N2/c1-7-9-14(16)10-12(3)15(8-2)13(4)11-17(5)6/h7,9-10,13,15H,1,8,11,16H2,2-6H3/b12-10+,14-9+/t13-,15?/m0/s1. The Bertz CT molecular complexity index is 287. The van der Waals surface area contributed by atoms with Gasteiger partial charge in [0.1, 0.15) is 0 Å². The van der Waals surface area contributed by atoms with Gasteiger partial charge >= 0.3 is 0 Å². The molecular weight excluding hydrogens is 208 g/mol. The van der Waals surface area contributed by atoms with Crippen molar-refractivity contribution >= 4 is 0 Å². The van der Waals surface area contributed by atoms with Crippen LogP contribution in [0.1, 0.15) is 27.2 Å². The summed E-state index contributed by atoms with van der Waals surface area (Å²) >= 11 is 0. The van der Waals surface area contributed by atoms with Crippen molar-refractivity contribution in [2.45, 2.75) is 27.2 Å². The van der Waals surface area contributed by atoms with Crippen molar-refractivity contribution in [2.24, 2.45) is 17.6 Å². The van der Waals surface area contributed by atoms with Crippen LogP contribution in [0, 0.1) is 11.8 Å². The zero-order chi connectivity index (χ0) is 13.4. The fourth-order valence-electron chi connectivity index (χ4n) is 2.43. The molecule has 0 amide bonds. The van der Waals surface area contributed by atoms with Crippen LogP contribution < -0.4 is 5.73 Å². The van der Waals surface area contributed by atoms with E-state index in [0.717, 1.165) is 18.7 Å². The number of nitrogens with two attached hydrogens (primary N) is 1. The molecular formula is C15H28N2. The van der Waals surface area contributed by atoms with E-state index >= 15 is 0 Å². The molecule has 2 atom stereocenters. The first-order chi connectivity index (χ1) is 7.92. The van der Waals surface area contributed by atoms with E-state index < -0.39 is 0 Å².